The molecule has 1 aliphatic heterocycles. The molecular formula is C27H31F3N2O4S. The second-order valence-corrected chi connectivity index (χ2v) is 9.84. The second kappa shape index (κ2) is 13.8. The van der Waals surface area contributed by atoms with E-state index in [2.05, 4.69) is 0 Å². The van der Waals surface area contributed by atoms with Crippen molar-refractivity contribution in [1.82, 2.24) is 0 Å². The lowest BCUT2D eigenvalue weighted by Gasteiger charge is -2.41. The summed E-state index contributed by atoms with van der Waals surface area (Å²) in [4.78, 5) is 14.3. The fourth-order valence-electron chi connectivity index (χ4n) is 4.43. The fraction of sp³-hybridized carbons (Fsp3) is 0.481. The molecule has 0 spiro atoms. The number of carbonyl (C=O) groups excluding carboxylic acids is 1. The quantitative estimate of drug-likeness (QED) is 0.240. The van der Waals surface area contributed by atoms with Gasteiger partial charge in [0.05, 0.1) is 39.0 Å². The van der Waals surface area contributed by atoms with Crippen LogP contribution in [0.2, 0.25) is 0 Å². The van der Waals surface area contributed by atoms with E-state index in [4.69, 9.17) is 14.6 Å². The molecule has 2 atom stereocenters. The summed E-state index contributed by atoms with van der Waals surface area (Å²) in [5.74, 6) is -0.954. The van der Waals surface area contributed by atoms with E-state index in [0.29, 0.717) is 44.1 Å². The molecule has 0 aliphatic carbocycles. The van der Waals surface area contributed by atoms with Crippen molar-refractivity contribution in [3.63, 3.8) is 0 Å². The predicted octanol–water partition coefficient (Wildman–Crippen LogP) is 5.20. The zero-order valence-corrected chi connectivity index (χ0v) is 21.5. The van der Waals surface area contributed by atoms with E-state index in [1.54, 1.807) is 13.0 Å². The Balaban J connectivity index is 1.63. The van der Waals surface area contributed by atoms with Gasteiger partial charge in [-0.1, -0.05) is 30.0 Å². The molecule has 0 saturated carbocycles. The van der Waals surface area contributed by atoms with Gasteiger partial charge in [0, 0.05) is 24.0 Å². The molecule has 1 fully saturated rings. The first kappa shape index (κ1) is 29.0. The van der Waals surface area contributed by atoms with Crippen LogP contribution in [0.1, 0.15) is 25.3 Å². The minimum Gasteiger partial charge on any atom is -0.394 e. The largest absolute Gasteiger partial charge is 0.394 e. The maximum absolute atomic E-state index is 13.4. The summed E-state index contributed by atoms with van der Waals surface area (Å²) in [7, 11) is 0. The number of anilines is 1. The number of hydrogen-bond donors (Lipinski definition) is 1. The van der Waals surface area contributed by atoms with E-state index in [1.807, 2.05) is 41.3 Å². The Hall–Kier alpha value is -2.58. The van der Waals surface area contributed by atoms with E-state index < -0.39 is 18.1 Å². The number of benzene rings is 2. The van der Waals surface area contributed by atoms with Gasteiger partial charge in [0.25, 0.3) is 0 Å². The Morgan fingerprint density at radius 3 is 2.57 bits per heavy atom. The Labute approximate surface area is 219 Å². The number of aliphatic hydroxyl groups excluding tert-OH is 1. The lowest BCUT2D eigenvalue weighted by Crippen LogP contribution is -2.48. The van der Waals surface area contributed by atoms with Crippen LogP contribution in [0.25, 0.3) is 16.8 Å². The van der Waals surface area contributed by atoms with Crippen LogP contribution in [0.15, 0.2) is 42.0 Å². The molecule has 37 heavy (non-hydrogen) atoms. The lowest BCUT2D eigenvalue weighted by molar-refractivity contribution is -0.183. The molecule has 3 rings (SSSR count). The molecule has 2 aromatic carbocycles. The van der Waals surface area contributed by atoms with Crippen LogP contribution in [-0.2, 0) is 14.3 Å². The van der Waals surface area contributed by atoms with Gasteiger partial charge in [0.1, 0.15) is 11.6 Å². The molecule has 0 radical (unpaired) electrons. The molecule has 0 bridgehead atoms. The number of nitriles is 1. The summed E-state index contributed by atoms with van der Waals surface area (Å²) in [6, 6.07) is 12.4. The van der Waals surface area contributed by atoms with Crippen LogP contribution in [0, 0.1) is 17.2 Å². The van der Waals surface area contributed by atoms with E-state index in [-0.39, 0.29) is 30.3 Å². The average Bonchev–Trinajstić information content (AvgIpc) is 2.87. The van der Waals surface area contributed by atoms with Crippen molar-refractivity contribution in [1.29, 1.82) is 5.26 Å². The van der Waals surface area contributed by atoms with Crippen LogP contribution in [0.4, 0.5) is 18.9 Å². The normalized spacial score (nSPS) is 18.7. The van der Waals surface area contributed by atoms with Crippen LogP contribution in [0.3, 0.4) is 0 Å². The number of thioether (sulfide) groups is 1. The average molecular weight is 537 g/mol. The number of fused-ring (bicyclic) bond motifs is 1. The van der Waals surface area contributed by atoms with E-state index >= 15 is 0 Å². The minimum atomic E-state index is -4.22. The summed E-state index contributed by atoms with van der Waals surface area (Å²) >= 11 is 0.999. The number of carbonyl (C=O) groups is 1. The Bertz CT molecular complexity index is 1130. The van der Waals surface area contributed by atoms with E-state index in [1.165, 1.54) is 6.08 Å². The van der Waals surface area contributed by atoms with Gasteiger partial charge < -0.3 is 19.5 Å². The Morgan fingerprint density at radius 1 is 1.16 bits per heavy atom. The van der Waals surface area contributed by atoms with Crippen LogP contribution in [0.5, 0.6) is 0 Å². The van der Waals surface area contributed by atoms with Crippen molar-refractivity contribution >= 4 is 39.4 Å². The number of alkyl halides is 3. The van der Waals surface area contributed by atoms with Gasteiger partial charge in [-0.25, -0.2) is 0 Å². The molecule has 1 N–H and O–H groups in total. The third-order valence-electron chi connectivity index (χ3n) is 6.31. The van der Waals surface area contributed by atoms with Gasteiger partial charge in [-0.05, 0) is 60.4 Å². The smallest absolute Gasteiger partial charge is 0.393 e. The first-order valence-corrected chi connectivity index (χ1v) is 13.2. The number of rotatable bonds is 11. The molecule has 1 aliphatic rings. The van der Waals surface area contributed by atoms with Gasteiger partial charge in [0.2, 0.25) is 5.12 Å². The van der Waals surface area contributed by atoms with Gasteiger partial charge in [-0.2, -0.15) is 18.4 Å². The first-order valence-electron chi connectivity index (χ1n) is 12.2. The number of ether oxygens (including phenoxy) is 2. The zero-order chi connectivity index (χ0) is 26.8. The van der Waals surface area contributed by atoms with Crippen molar-refractivity contribution < 1.29 is 32.5 Å². The van der Waals surface area contributed by atoms with Gasteiger partial charge in [0.15, 0.2) is 0 Å². The number of nitrogens with zero attached hydrogens (tertiary/aromatic N) is 2. The topological polar surface area (TPSA) is 82.8 Å². The monoisotopic (exact) mass is 536 g/mol. The number of halogens is 3. The maximum atomic E-state index is 13.4. The van der Waals surface area contributed by atoms with E-state index in [0.717, 1.165) is 28.2 Å². The van der Waals surface area contributed by atoms with Crippen molar-refractivity contribution in [2.24, 2.45) is 5.92 Å². The molecule has 1 heterocycles. The third kappa shape index (κ3) is 8.20. The summed E-state index contributed by atoms with van der Waals surface area (Å²) < 4.78 is 50.7. The molecule has 2 aromatic rings. The fourth-order valence-corrected chi connectivity index (χ4v) is 5.07. The first-order chi connectivity index (χ1) is 17.7. The summed E-state index contributed by atoms with van der Waals surface area (Å²) in [6.45, 7) is 3.46. The highest BCUT2D eigenvalue weighted by Crippen LogP contribution is 2.39. The molecule has 2 unspecified atom stereocenters. The molecule has 1 saturated heterocycles. The standard InChI is InChI=1S/C27H31F3N2O4S/c1-19-25(27(28,29)30)3-2-8-32(19)24-7-6-21-15-20(4-5-22(21)17-24)16-23(18-31)26(34)37-14-13-36-12-11-35-10-9-33/h4-7,15-17,19,25,33H,2-3,8-14H2,1H3/b23-16+. The number of hydrogen-bond acceptors (Lipinski definition) is 7. The lowest BCUT2D eigenvalue weighted by atomic mass is 9.89. The minimum absolute atomic E-state index is 0.0209. The van der Waals surface area contributed by atoms with Crippen molar-refractivity contribution in [3.8, 4) is 6.07 Å². The summed E-state index contributed by atoms with van der Waals surface area (Å²) in [5, 5.41) is 19.5. The van der Waals surface area contributed by atoms with Gasteiger partial charge in [-0.3, -0.25) is 4.79 Å². The van der Waals surface area contributed by atoms with Crippen LogP contribution < -0.4 is 4.90 Å². The van der Waals surface area contributed by atoms with Crippen LogP contribution >= 0.6 is 11.8 Å². The van der Waals surface area contributed by atoms with E-state index in [9.17, 15) is 23.2 Å². The third-order valence-corrected chi connectivity index (χ3v) is 7.16. The maximum Gasteiger partial charge on any atom is 0.393 e. The molecule has 0 amide bonds. The number of aliphatic hydroxyl groups is 1. The summed E-state index contributed by atoms with van der Waals surface area (Å²) in [6.07, 6.45) is -2.04. The highest BCUT2D eigenvalue weighted by atomic mass is 32.2. The SMILES string of the molecule is CC1C(C(F)(F)F)CCCN1c1ccc2cc(/C=C(\C#N)C(=O)SCCOCCOCCO)ccc2c1. The highest BCUT2D eigenvalue weighted by Gasteiger charge is 2.46. The van der Waals surface area contributed by atoms with Crippen molar-refractivity contribution in [2.75, 3.05) is 50.2 Å². The molecule has 0 aromatic heterocycles. The molecule has 6 nitrogen and oxygen atoms in total. The Morgan fingerprint density at radius 2 is 1.86 bits per heavy atom. The van der Waals surface area contributed by atoms with Gasteiger partial charge in [-0.15, -0.1) is 0 Å². The molecule has 10 heteroatoms. The zero-order valence-electron chi connectivity index (χ0n) is 20.7. The van der Waals surface area contributed by atoms with Gasteiger partial charge >= 0.3 is 6.18 Å². The second-order valence-electron chi connectivity index (χ2n) is 8.77. The Kier molecular flexibility index (Phi) is 10.8. The van der Waals surface area contributed by atoms with Crippen LogP contribution in [-0.4, -0.2) is 67.8 Å². The van der Waals surface area contributed by atoms with Crippen molar-refractivity contribution in [3.05, 3.63) is 47.5 Å². The number of piperidine rings is 1. The molecule has 200 valence electrons. The molecular weight excluding hydrogens is 505 g/mol. The van der Waals surface area contributed by atoms with Crippen molar-refractivity contribution in [2.45, 2.75) is 32.0 Å². The predicted molar refractivity (Wildman–Crippen MR) is 139 cm³/mol. The highest BCUT2D eigenvalue weighted by molar-refractivity contribution is 8.14. The summed E-state index contributed by atoms with van der Waals surface area (Å²) in [5.41, 5.74) is 1.46.